The fourth-order valence-electron chi connectivity index (χ4n) is 3.22. The number of nitrogens with one attached hydrogen (secondary N) is 1. The van der Waals surface area contributed by atoms with Gasteiger partial charge >= 0.3 is 0 Å². The van der Waals surface area contributed by atoms with Gasteiger partial charge in [0.15, 0.2) is 0 Å². The molecule has 0 aromatic heterocycles. The van der Waals surface area contributed by atoms with Gasteiger partial charge in [-0.15, -0.1) is 0 Å². The number of hydrogen-bond donors (Lipinski definition) is 1. The van der Waals surface area contributed by atoms with Crippen LogP contribution >= 0.6 is 0 Å². The largest absolute Gasteiger partial charge is 0.361 e. The first kappa shape index (κ1) is 19.4. The number of anilines is 1. The third kappa shape index (κ3) is 4.32. The summed E-state index contributed by atoms with van der Waals surface area (Å²) in [5.74, 6) is 0. The maximum atomic E-state index is 4.23. The van der Waals surface area contributed by atoms with Gasteiger partial charge in [0.1, 0.15) is 0 Å². The summed E-state index contributed by atoms with van der Waals surface area (Å²) in [5, 5.41) is 3.47. The van der Waals surface area contributed by atoms with E-state index in [-0.39, 0.29) is 5.41 Å². The predicted octanol–water partition coefficient (Wildman–Crippen LogP) is 7.46. The van der Waals surface area contributed by atoms with Crippen molar-refractivity contribution in [3.05, 3.63) is 121 Å². The van der Waals surface area contributed by atoms with Gasteiger partial charge in [-0.25, -0.2) is 0 Å². The number of hydrogen-bond acceptors (Lipinski definition) is 1. The lowest BCUT2D eigenvalue weighted by molar-refractivity contribution is 0.644. The van der Waals surface area contributed by atoms with E-state index in [2.05, 4.69) is 93.0 Å². The van der Waals surface area contributed by atoms with Crippen molar-refractivity contribution in [2.24, 2.45) is 0 Å². The van der Waals surface area contributed by atoms with Crippen LogP contribution in [0.3, 0.4) is 0 Å². The van der Waals surface area contributed by atoms with Crippen LogP contribution in [0.4, 0.5) is 5.69 Å². The van der Waals surface area contributed by atoms with Gasteiger partial charge in [-0.05, 0) is 46.0 Å². The Bertz CT molecular complexity index is 979. The minimum Gasteiger partial charge on any atom is -0.361 e. The van der Waals surface area contributed by atoms with Crippen molar-refractivity contribution in [2.45, 2.75) is 19.3 Å². The standard InChI is InChI=1S/C27H27N/c1-5-21(2)27(3,4)25-20-24(23-14-10-7-11-15-23)16-17-26(25)28-19-18-22-12-8-6-9-13-22/h5-20,28H,1-2H2,3-4H3. The van der Waals surface area contributed by atoms with Crippen LogP contribution in [-0.2, 0) is 5.41 Å². The van der Waals surface area contributed by atoms with Gasteiger partial charge < -0.3 is 5.32 Å². The van der Waals surface area contributed by atoms with Crippen molar-refractivity contribution in [3.8, 4) is 11.1 Å². The molecule has 0 spiro atoms. The van der Waals surface area contributed by atoms with Crippen molar-refractivity contribution >= 4 is 11.8 Å². The number of benzene rings is 3. The lowest BCUT2D eigenvalue weighted by Gasteiger charge is -2.29. The molecule has 3 aromatic rings. The van der Waals surface area contributed by atoms with Crippen LogP contribution in [0.1, 0.15) is 25.0 Å². The summed E-state index contributed by atoms with van der Waals surface area (Å²) in [6.45, 7) is 12.5. The highest BCUT2D eigenvalue weighted by atomic mass is 14.8. The molecule has 0 saturated heterocycles. The average Bonchev–Trinajstić information content (AvgIpc) is 2.74. The first-order valence-corrected chi connectivity index (χ1v) is 9.52. The second-order valence-electron chi connectivity index (χ2n) is 7.37. The SMILES string of the molecule is C=CC(=C)C(C)(C)c1cc(-c2ccccc2)ccc1NC=Cc1ccccc1. The molecule has 0 aliphatic heterocycles. The van der Waals surface area contributed by atoms with Crippen molar-refractivity contribution in [1.29, 1.82) is 0 Å². The van der Waals surface area contributed by atoms with E-state index in [9.17, 15) is 0 Å². The molecule has 1 nitrogen and oxygen atoms in total. The summed E-state index contributed by atoms with van der Waals surface area (Å²) in [6.07, 6.45) is 5.91. The van der Waals surface area contributed by atoms with Crippen molar-refractivity contribution in [1.82, 2.24) is 0 Å². The average molecular weight is 366 g/mol. The van der Waals surface area contributed by atoms with E-state index in [4.69, 9.17) is 0 Å². The molecule has 0 saturated carbocycles. The first-order valence-electron chi connectivity index (χ1n) is 9.52. The molecule has 28 heavy (non-hydrogen) atoms. The quantitative estimate of drug-likeness (QED) is 0.429. The maximum absolute atomic E-state index is 4.23. The van der Waals surface area contributed by atoms with Crippen LogP contribution < -0.4 is 5.32 Å². The van der Waals surface area contributed by atoms with Gasteiger partial charge in [0, 0.05) is 17.3 Å². The summed E-state index contributed by atoms with van der Waals surface area (Å²) in [5.41, 5.74) is 6.57. The molecular formula is C27H27N. The van der Waals surface area contributed by atoms with Crippen molar-refractivity contribution in [3.63, 3.8) is 0 Å². The fourth-order valence-corrected chi connectivity index (χ4v) is 3.22. The van der Waals surface area contributed by atoms with Gasteiger partial charge in [-0.2, -0.15) is 0 Å². The summed E-state index contributed by atoms with van der Waals surface area (Å²) < 4.78 is 0. The molecule has 0 heterocycles. The maximum Gasteiger partial charge on any atom is 0.0421 e. The Morgan fingerprint density at radius 2 is 1.50 bits per heavy atom. The summed E-state index contributed by atoms with van der Waals surface area (Å²) in [6, 6.07) is 27.3. The fraction of sp³-hybridized carbons (Fsp3) is 0.111. The Kier molecular flexibility index (Phi) is 5.96. The number of rotatable bonds is 7. The van der Waals surface area contributed by atoms with Crippen molar-refractivity contribution in [2.75, 3.05) is 5.32 Å². The molecule has 3 aromatic carbocycles. The Morgan fingerprint density at radius 3 is 2.14 bits per heavy atom. The van der Waals surface area contributed by atoms with Crippen LogP contribution in [0.5, 0.6) is 0 Å². The molecule has 140 valence electrons. The van der Waals surface area contributed by atoms with E-state index in [0.29, 0.717) is 0 Å². The monoisotopic (exact) mass is 365 g/mol. The Morgan fingerprint density at radius 1 is 0.857 bits per heavy atom. The predicted molar refractivity (Wildman–Crippen MR) is 123 cm³/mol. The molecule has 0 aliphatic carbocycles. The third-order valence-corrected chi connectivity index (χ3v) is 5.16. The molecule has 1 N–H and O–H groups in total. The van der Waals surface area contributed by atoms with Gasteiger partial charge in [0.2, 0.25) is 0 Å². The highest BCUT2D eigenvalue weighted by Crippen LogP contribution is 2.38. The smallest absolute Gasteiger partial charge is 0.0421 e. The van der Waals surface area contributed by atoms with Crippen LogP contribution in [0.15, 0.2) is 110 Å². The Labute approximate surface area is 168 Å². The summed E-state index contributed by atoms with van der Waals surface area (Å²) in [7, 11) is 0. The second-order valence-corrected chi connectivity index (χ2v) is 7.37. The molecule has 1 heteroatoms. The molecule has 0 bridgehead atoms. The van der Waals surface area contributed by atoms with Crippen LogP contribution in [0.2, 0.25) is 0 Å². The summed E-state index contributed by atoms with van der Waals surface area (Å²) >= 11 is 0. The minimum absolute atomic E-state index is 0.241. The number of allylic oxidation sites excluding steroid dienone is 2. The molecule has 0 radical (unpaired) electrons. The Balaban J connectivity index is 2.00. The van der Waals surface area contributed by atoms with E-state index < -0.39 is 0 Å². The summed E-state index contributed by atoms with van der Waals surface area (Å²) in [4.78, 5) is 0. The highest BCUT2D eigenvalue weighted by Gasteiger charge is 2.26. The zero-order chi connectivity index (χ0) is 20.0. The molecule has 0 amide bonds. The highest BCUT2D eigenvalue weighted by molar-refractivity contribution is 5.71. The molecule has 0 unspecified atom stereocenters. The van der Waals surface area contributed by atoms with Gasteiger partial charge in [0.25, 0.3) is 0 Å². The third-order valence-electron chi connectivity index (χ3n) is 5.16. The lowest BCUT2D eigenvalue weighted by Crippen LogP contribution is -2.20. The van der Waals surface area contributed by atoms with Crippen LogP contribution in [0.25, 0.3) is 17.2 Å². The molecule has 0 atom stereocenters. The zero-order valence-corrected chi connectivity index (χ0v) is 16.7. The molecular weight excluding hydrogens is 338 g/mol. The van der Waals surface area contributed by atoms with Crippen LogP contribution in [-0.4, -0.2) is 0 Å². The molecule has 3 rings (SSSR count). The van der Waals surface area contributed by atoms with Gasteiger partial charge in [-0.1, -0.05) is 99.8 Å². The zero-order valence-electron chi connectivity index (χ0n) is 16.7. The Hall–Kier alpha value is -3.32. The van der Waals surface area contributed by atoms with E-state index >= 15 is 0 Å². The molecule has 0 aliphatic rings. The van der Waals surface area contributed by atoms with E-state index in [1.54, 1.807) is 0 Å². The minimum atomic E-state index is -0.241. The van der Waals surface area contributed by atoms with Crippen LogP contribution in [0, 0.1) is 0 Å². The second kappa shape index (κ2) is 8.58. The van der Waals surface area contributed by atoms with Gasteiger partial charge in [-0.3, -0.25) is 0 Å². The van der Waals surface area contributed by atoms with E-state index in [1.807, 2.05) is 36.5 Å². The normalized spacial score (nSPS) is 11.4. The van der Waals surface area contributed by atoms with Gasteiger partial charge in [0.05, 0.1) is 0 Å². The van der Waals surface area contributed by atoms with E-state index in [0.717, 1.165) is 16.8 Å². The topological polar surface area (TPSA) is 12.0 Å². The first-order chi connectivity index (χ1) is 13.5. The molecule has 0 fully saturated rings. The van der Waals surface area contributed by atoms with Crippen molar-refractivity contribution < 1.29 is 0 Å². The van der Waals surface area contributed by atoms with E-state index in [1.165, 1.54) is 16.7 Å². The lowest BCUT2D eigenvalue weighted by atomic mass is 9.76.